The Kier molecular flexibility index (Phi) is 6.61. The van der Waals surface area contributed by atoms with Crippen LogP contribution >= 0.6 is 11.3 Å². The summed E-state index contributed by atoms with van der Waals surface area (Å²) in [7, 11) is 0. The van der Waals surface area contributed by atoms with Crippen LogP contribution in [0.4, 0.5) is 11.4 Å². The minimum Gasteiger partial charge on any atom is -0.318 e. The molecule has 0 unspecified atom stereocenters. The summed E-state index contributed by atoms with van der Waals surface area (Å²) in [6.07, 6.45) is 5.22. The Morgan fingerprint density at radius 3 is 2.46 bits per heavy atom. The van der Waals surface area contributed by atoms with Gasteiger partial charge in [-0.1, -0.05) is 17.7 Å². The van der Waals surface area contributed by atoms with E-state index in [1.807, 2.05) is 23.7 Å². The van der Waals surface area contributed by atoms with Crippen LogP contribution in [0.2, 0.25) is 0 Å². The molecule has 0 amide bonds. The van der Waals surface area contributed by atoms with Crippen molar-refractivity contribution in [3.05, 3.63) is 122 Å². The third-order valence-corrected chi connectivity index (χ3v) is 6.82. The fraction of sp³-hybridized carbons (Fsp3) is 0.107. The van der Waals surface area contributed by atoms with Gasteiger partial charge in [-0.3, -0.25) is 15.1 Å². The molecule has 5 rings (SSSR count). The van der Waals surface area contributed by atoms with E-state index in [9.17, 15) is 10.1 Å². The van der Waals surface area contributed by atoms with Crippen LogP contribution in [0.3, 0.4) is 0 Å². The van der Waals surface area contributed by atoms with Crippen LogP contribution in [-0.4, -0.2) is 25.4 Å². The van der Waals surface area contributed by atoms with Crippen LogP contribution in [-0.2, 0) is 0 Å². The number of pyridine rings is 1. The number of hydrogen-bond donors (Lipinski definition) is 0. The molecule has 0 saturated carbocycles. The minimum absolute atomic E-state index is 0.0397. The van der Waals surface area contributed by atoms with E-state index in [2.05, 4.69) is 60.7 Å². The summed E-state index contributed by atoms with van der Waals surface area (Å²) in [5.74, 6) is 0. The molecular formula is C28H24N6O2S. The lowest BCUT2D eigenvalue weighted by atomic mass is 10.1. The number of aromatic nitrogens is 3. The van der Waals surface area contributed by atoms with Gasteiger partial charge in [0.15, 0.2) is 0 Å². The van der Waals surface area contributed by atoms with Gasteiger partial charge in [0.05, 0.1) is 28.7 Å². The molecule has 0 saturated heterocycles. The lowest BCUT2D eigenvalue weighted by molar-refractivity contribution is -0.384. The molecular weight excluding hydrogens is 484 g/mol. The molecule has 0 atom stereocenters. The number of nitro benzene ring substituents is 1. The van der Waals surface area contributed by atoms with Gasteiger partial charge in [0.2, 0.25) is 4.80 Å². The Morgan fingerprint density at radius 2 is 1.78 bits per heavy atom. The summed E-state index contributed by atoms with van der Waals surface area (Å²) in [6, 6.07) is 20.7. The van der Waals surface area contributed by atoms with Crippen LogP contribution in [0.15, 0.2) is 94.6 Å². The molecule has 0 aliphatic rings. The lowest BCUT2D eigenvalue weighted by Crippen LogP contribution is -2.11. The zero-order valence-corrected chi connectivity index (χ0v) is 21.4. The average molecular weight is 509 g/mol. The third kappa shape index (κ3) is 5.03. The van der Waals surface area contributed by atoms with E-state index < -0.39 is 4.92 Å². The van der Waals surface area contributed by atoms with Gasteiger partial charge in [-0.25, -0.2) is 9.67 Å². The van der Waals surface area contributed by atoms with E-state index in [0.717, 1.165) is 33.9 Å². The molecule has 0 aliphatic heterocycles. The number of aryl methyl sites for hydroxylation is 2. The van der Waals surface area contributed by atoms with Crippen LogP contribution < -0.4 is 4.80 Å². The Morgan fingerprint density at radius 1 is 1.03 bits per heavy atom. The van der Waals surface area contributed by atoms with Gasteiger partial charge in [0.1, 0.15) is 0 Å². The molecule has 0 spiro atoms. The van der Waals surface area contributed by atoms with Crippen molar-refractivity contribution in [1.29, 1.82) is 0 Å². The number of nitrogens with zero attached hydrogens (tertiary/aromatic N) is 6. The molecule has 0 radical (unpaired) electrons. The molecule has 0 aliphatic carbocycles. The molecule has 184 valence electrons. The van der Waals surface area contributed by atoms with E-state index >= 15 is 0 Å². The second-order valence-electron chi connectivity index (χ2n) is 8.58. The second kappa shape index (κ2) is 10.2. The van der Waals surface area contributed by atoms with Crippen molar-refractivity contribution < 1.29 is 4.92 Å². The zero-order chi connectivity index (χ0) is 25.9. The summed E-state index contributed by atoms with van der Waals surface area (Å²) >= 11 is 1.44. The predicted molar refractivity (Wildman–Crippen MR) is 147 cm³/mol. The van der Waals surface area contributed by atoms with Crippen molar-refractivity contribution in [2.45, 2.75) is 20.8 Å². The smallest absolute Gasteiger partial charge is 0.269 e. The van der Waals surface area contributed by atoms with Crippen LogP contribution in [0.1, 0.15) is 22.5 Å². The second-order valence-corrected chi connectivity index (χ2v) is 9.42. The van der Waals surface area contributed by atoms with Crippen molar-refractivity contribution in [2.24, 2.45) is 10.1 Å². The standard InChI is InChI=1S/C28H24N6O2S/c1-19-6-10-25(11-7-19)32-20(2)15-23(21(32)3)16-30-33-27(22-8-12-26(13-9-22)34(35)36)18-37-28(33)31-24-5-4-14-29-17-24/h4-18H,1-3H3. The van der Waals surface area contributed by atoms with Gasteiger partial charge in [-0.15, -0.1) is 11.3 Å². The van der Waals surface area contributed by atoms with Crippen LogP contribution in [0.25, 0.3) is 16.9 Å². The molecule has 0 fully saturated rings. The number of nitro groups is 1. The van der Waals surface area contributed by atoms with Gasteiger partial charge in [-0.2, -0.15) is 5.10 Å². The van der Waals surface area contributed by atoms with E-state index in [1.54, 1.807) is 29.2 Å². The first kappa shape index (κ1) is 24.1. The van der Waals surface area contributed by atoms with Crippen LogP contribution in [0.5, 0.6) is 0 Å². The van der Waals surface area contributed by atoms with Crippen molar-refractivity contribution >= 4 is 28.9 Å². The summed E-state index contributed by atoms with van der Waals surface area (Å²) < 4.78 is 3.97. The summed E-state index contributed by atoms with van der Waals surface area (Å²) in [5.41, 5.74) is 7.81. The van der Waals surface area contributed by atoms with Crippen molar-refractivity contribution in [1.82, 2.24) is 14.2 Å². The Labute approximate surface area is 217 Å². The number of rotatable bonds is 6. The zero-order valence-electron chi connectivity index (χ0n) is 20.6. The van der Waals surface area contributed by atoms with Gasteiger partial charge in [0, 0.05) is 51.9 Å². The van der Waals surface area contributed by atoms with Crippen molar-refractivity contribution in [2.75, 3.05) is 0 Å². The van der Waals surface area contributed by atoms with E-state index in [4.69, 9.17) is 10.1 Å². The molecule has 2 aromatic carbocycles. The molecule has 37 heavy (non-hydrogen) atoms. The quantitative estimate of drug-likeness (QED) is 0.152. The number of benzene rings is 2. The maximum Gasteiger partial charge on any atom is 0.269 e. The van der Waals surface area contributed by atoms with E-state index in [1.165, 1.54) is 29.0 Å². The first-order valence-corrected chi connectivity index (χ1v) is 12.5. The molecule has 3 heterocycles. The monoisotopic (exact) mass is 508 g/mol. The highest BCUT2D eigenvalue weighted by Crippen LogP contribution is 2.24. The SMILES string of the molecule is Cc1ccc(-n2c(C)cc(C=Nn3c(-c4ccc([N+](=O)[O-])cc4)csc3=Nc3cccnc3)c2C)cc1. The first-order chi connectivity index (χ1) is 17.9. The van der Waals surface area contributed by atoms with E-state index in [0.29, 0.717) is 10.5 Å². The number of thiazole rings is 1. The minimum atomic E-state index is -0.406. The average Bonchev–Trinajstić information content (AvgIpc) is 3.43. The molecule has 9 heteroatoms. The molecule has 5 aromatic rings. The molecule has 3 aromatic heterocycles. The molecule has 0 bridgehead atoms. The maximum atomic E-state index is 11.1. The number of non-ortho nitro benzene ring substituents is 1. The highest BCUT2D eigenvalue weighted by Gasteiger charge is 2.13. The Bertz CT molecular complexity index is 1660. The topological polar surface area (TPSA) is 90.6 Å². The normalized spacial score (nSPS) is 11.9. The van der Waals surface area contributed by atoms with Gasteiger partial charge < -0.3 is 4.57 Å². The first-order valence-electron chi connectivity index (χ1n) is 11.6. The lowest BCUT2D eigenvalue weighted by Gasteiger charge is -2.10. The Hall–Kier alpha value is -4.63. The van der Waals surface area contributed by atoms with Gasteiger partial charge in [-0.05, 0) is 63.2 Å². The number of hydrogen-bond acceptors (Lipinski definition) is 6. The van der Waals surface area contributed by atoms with Crippen LogP contribution in [0, 0.1) is 30.9 Å². The fourth-order valence-electron chi connectivity index (χ4n) is 4.10. The summed E-state index contributed by atoms with van der Waals surface area (Å²) in [5, 5.41) is 17.9. The summed E-state index contributed by atoms with van der Waals surface area (Å²) in [6.45, 7) is 6.23. The van der Waals surface area contributed by atoms with Gasteiger partial charge in [0.25, 0.3) is 5.69 Å². The highest BCUT2D eigenvalue weighted by molar-refractivity contribution is 7.07. The largest absolute Gasteiger partial charge is 0.318 e. The maximum absolute atomic E-state index is 11.1. The summed E-state index contributed by atoms with van der Waals surface area (Å²) in [4.78, 5) is 20.3. The predicted octanol–water partition coefficient (Wildman–Crippen LogP) is 6.35. The molecule has 8 nitrogen and oxygen atoms in total. The fourth-order valence-corrected chi connectivity index (χ4v) is 4.96. The van der Waals surface area contributed by atoms with Crippen molar-refractivity contribution in [3.8, 4) is 16.9 Å². The highest BCUT2D eigenvalue weighted by atomic mass is 32.1. The Balaban J connectivity index is 1.60. The van der Waals surface area contributed by atoms with Crippen molar-refractivity contribution in [3.63, 3.8) is 0 Å². The van der Waals surface area contributed by atoms with E-state index in [-0.39, 0.29) is 5.69 Å². The van der Waals surface area contributed by atoms with Gasteiger partial charge >= 0.3 is 0 Å². The third-order valence-electron chi connectivity index (χ3n) is 6.00. The molecule has 0 N–H and O–H groups in total.